The van der Waals surface area contributed by atoms with Crippen LogP contribution in [0.15, 0.2) is 0 Å². The number of rotatable bonds is 2. The largest absolute Gasteiger partial charge is 0.443 e. The number of hydrogen-bond donors (Lipinski definition) is 2. The van der Waals surface area contributed by atoms with Gasteiger partial charge in [0, 0.05) is 5.54 Å². The van der Waals surface area contributed by atoms with Crippen LogP contribution in [0.5, 0.6) is 0 Å². The molecule has 3 N–H and O–H groups in total. The van der Waals surface area contributed by atoms with Gasteiger partial charge >= 0.3 is 6.09 Å². The zero-order valence-corrected chi connectivity index (χ0v) is 10.9. The minimum absolute atomic E-state index is 0.138. The topological polar surface area (TPSA) is 90.7 Å². The smallest absolute Gasteiger partial charge is 0.404 e. The lowest BCUT2D eigenvalue weighted by Gasteiger charge is -2.29. The highest BCUT2D eigenvalue weighted by Gasteiger charge is 2.54. The van der Waals surface area contributed by atoms with Gasteiger partial charge in [-0.1, -0.05) is 0 Å². The van der Waals surface area contributed by atoms with Crippen molar-refractivity contribution in [3.63, 3.8) is 0 Å². The monoisotopic (exact) mass is 256 g/mol. The molecule has 0 aromatic heterocycles. The minimum atomic E-state index is -0.857. The van der Waals surface area contributed by atoms with Crippen molar-refractivity contribution in [3.8, 4) is 0 Å². The molecule has 102 valence electrons. The van der Waals surface area contributed by atoms with E-state index in [1.165, 1.54) is 0 Å². The first kappa shape index (κ1) is 13.1. The van der Waals surface area contributed by atoms with Crippen LogP contribution in [0, 0.1) is 5.92 Å². The summed E-state index contributed by atoms with van der Waals surface area (Å²) in [6.07, 6.45) is -0.138. The maximum atomic E-state index is 12.2. The Hall–Kier alpha value is -1.30. The molecule has 2 bridgehead atoms. The van der Waals surface area contributed by atoms with Gasteiger partial charge in [0.2, 0.25) is 5.91 Å². The summed E-state index contributed by atoms with van der Waals surface area (Å²) in [6, 6.07) is 0. The van der Waals surface area contributed by atoms with Crippen molar-refractivity contribution in [2.24, 2.45) is 11.7 Å². The van der Waals surface area contributed by atoms with E-state index in [9.17, 15) is 9.59 Å². The maximum absolute atomic E-state index is 12.2. The van der Waals surface area contributed by atoms with Crippen molar-refractivity contribution in [1.82, 2.24) is 5.32 Å². The van der Waals surface area contributed by atoms with Crippen LogP contribution in [0.25, 0.3) is 0 Å². The van der Waals surface area contributed by atoms with E-state index in [4.69, 9.17) is 15.2 Å². The third-order valence-corrected chi connectivity index (χ3v) is 3.26. The van der Waals surface area contributed by atoms with Gasteiger partial charge in [0.05, 0.1) is 12.2 Å². The lowest BCUT2D eigenvalue weighted by molar-refractivity contribution is -0.130. The summed E-state index contributed by atoms with van der Waals surface area (Å²) in [6.45, 7) is 5.72. The number of nitrogens with two attached hydrogens (primary N) is 1. The molecule has 2 heterocycles. The van der Waals surface area contributed by atoms with Gasteiger partial charge in [0.1, 0.15) is 12.0 Å². The Morgan fingerprint density at radius 1 is 1.28 bits per heavy atom. The van der Waals surface area contributed by atoms with Crippen LogP contribution in [-0.2, 0) is 14.3 Å². The second kappa shape index (κ2) is 4.42. The molecular formula is C12H20N2O4. The third-order valence-electron chi connectivity index (χ3n) is 3.26. The number of carbonyl (C=O) groups is 2. The molecule has 18 heavy (non-hydrogen) atoms. The van der Waals surface area contributed by atoms with Crippen LogP contribution < -0.4 is 11.1 Å². The molecule has 2 rings (SSSR count). The van der Waals surface area contributed by atoms with Gasteiger partial charge in [0.25, 0.3) is 0 Å². The third kappa shape index (κ3) is 2.58. The molecule has 2 fully saturated rings. The highest BCUT2D eigenvalue weighted by molar-refractivity contribution is 5.81. The predicted molar refractivity (Wildman–Crippen MR) is 63.7 cm³/mol. The van der Waals surface area contributed by atoms with Gasteiger partial charge in [-0.25, -0.2) is 4.79 Å². The Bertz CT molecular complexity index is 364. The molecule has 2 amide bonds. The van der Waals surface area contributed by atoms with Crippen molar-refractivity contribution in [1.29, 1.82) is 0 Å². The average molecular weight is 256 g/mol. The first-order chi connectivity index (χ1) is 8.28. The molecule has 6 nitrogen and oxygen atoms in total. The SMILES string of the molecule is CC(C)(C)NC(=O)C1C2CCC(O2)C1OC(N)=O. The molecule has 0 aromatic rings. The fourth-order valence-corrected chi connectivity index (χ4v) is 2.69. The number of nitrogens with one attached hydrogen (secondary N) is 1. The normalized spacial score (nSPS) is 34.4. The van der Waals surface area contributed by atoms with Crippen molar-refractivity contribution in [3.05, 3.63) is 0 Å². The molecule has 0 aromatic carbocycles. The van der Waals surface area contributed by atoms with Crippen molar-refractivity contribution in [2.75, 3.05) is 0 Å². The summed E-state index contributed by atoms with van der Waals surface area (Å²) in [5, 5.41) is 2.90. The number of carbonyl (C=O) groups excluding carboxylic acids is 2. The minimum Gasteiger partial charge on any atom is -0.443 e. The molecule has 4 unspecified atom stereocenters. The van der Waals surface area contributed by atoms with Crippen LogP contribution in [0.1, 0.15) is 33.6 Å². The molecule has 2 saturated heterocycles. The Labute approximate surface area is 106 Å². The highest BCUT2D eigenvalue weighted by Crippen LogP contribution is 2.41. The molecule has 0 spiro atoms. The van der Waals surface area contributed by atoms with Crippen LogP contribution in [-0.4, -0.2) is 35.9 Å². The van der Waals surface area contributed by atoms with E-state index in [1.807, 2.05) is 20.8 Å². The zero-order valence-electron chi connectivity index (χ0n) is 10.9. The van der Waals surface area contributed by atoms with E-state index in [1.54, 1.807) is 0 Å². The molecule has 0 aliphatic carbocycles. The summed E-state index contributed by atoms with van der Waals surface area (Å²) < 4.78 is 10.7. The predicted octanol–water partition coefficient (Wildman–Crippen LogP) is 0.542. The van der Waals surface area contributed by atoms with Crippen molar-refractivity contribution < 1.29 is 19.1 Å². The fraction of sp³-hybridized carbons (Fsp3) is 0.833. The first-order valence-electron chi connectivity index (χ1n) is 6.21. The molecule has 0 saturated carbocycles. The Morgan fingerprint density at radius 2 is 1.89 bits per heavy atom. The number of hydrogen-bond acceptors (Lipinski definition) is 4. The van der Waals surface area contributed by atoms with Gasteiger partial charge in [-0.3, -0.25) is 4.79 Å². The lowest BCUT2D eigenvalue weighted by Crippen LogP contribution is -2.51. The van der Waals surface area contributed by atoms with Crippen LogP contribution in [0.2, 0.25) is 0 Å². The molecule has 2 aliphatic heterocycles. The van der Waals surface area contributed by atoms with E-state index >= 15 is 0 Å². The maximum Gasteiger partial charge on any atom is 0.404 e. The van der Waals surface area contributed by atoms with Gasteiger partial charge in [-0.2, -0.15) is 0 Å². The van der Waals surface area contributed by atoms with Crippen molar-refractivity contribution in [2.45, 2.75) is 57.5 Å². The van der Waals surface area contributed by atoms with E-state index in [0.717, 1.165) is 12.8 Å². The summed E-state index contributed by atoms with van der Waals surface area (Å²) in [4.78, 5) is 23.1. The van der Waals surface area contributed by atoms with E-state index in [0.29, 0.717) is 0 Å². The lowest BCUT2D eigenvalue weighted by atomic mass is 9.85. The van der Waals surface area contributed by atoms with Crippen molar-refractivity contribution >= 4 is 12.0 Å². The molecule has 6 heteroatoms. The Kier molecular flexibility index (Phi) is 3.23. The van der Waals surface area contributed by atoms with Crippen LogP contribution in [0.3, 0.4) is 0 Å². The van der Waals surface area contributed by atoms with Crippen LogP contribution >= 0.6 is 0 Å². The highest BCUT2D eigenvalue weighted by atomic mass is 16.6. The standard InChI is InChI=1S/C12H20N2O4/c1-12(2,3)14-10(15)8-6-4-5-7(17-6)9(8)18-11(13)16/h6-9H,4-5H2,1-3H3,(H2,13,16)(H,14,15). The second-order valence-electron chi connectivity index (χ2n) is 5.96. The number of fused-ring (bicyclic) bond motifs is 2. The zero-order chi connectivity index (χ0) is 13.5. The first-order valence-corrected chi connectivity index (χ1v) is 6.21. The second-order valence-corrected chi connectivity index (χ2v) is 5.96. The van der Waals surface area contributed by atoms with Gasteiger partial charge in [-0.15, -0.1) is 0 Å². The summed E-state index contributed by atoms with van der Waals surface area (Å²) in [5.41, 5.74) is 4.72. The molecule has 4 atom stereocenters. The number of ether oxygens (including phenoxy) is 2. The summed E-state index contributed by atoms with van der Waals surface area (Å²) >= 11 is 0. The summed E-state index contributed by atoms with van der Waals surface area (Å²) in [5.74, 6) is -0.587. The van der Waals surface area contributed by atoms with E-state index in [-0.39, 0.29) is 23.7 Å². The molecule has 0 radical (unpaired) electrons. The summed E-state index contributed by atoms with van der Waals surface area (Å²) in [7, 11) is 0. The number of primary amides is 1. The van der Waals surface area contributed by atoms with Gasteiger partial charge < -0.3 is 20.5 Å². The van der Waals surface area contributed by atoms with Gasteiger partial charge in [-0.05, 0) is 33.6 Å². The number of amides is 2. The van der Waals surface area contributed by atoms with E-state index < -0.39 is 18.1 Å². The van der Waals surface area contributed by atoms with Crippen LogP contribution in [0.4, 0.5) is 4.79 Å². The quantitative estimate of drug-likeness (QED) is 0.754. The van der Waals surface area contributed by atoms with Gasteiger partial charge in [0.15, 0.2) is 0 Å². The fourth-order valence-electron chi connectivity index (χ4n) is 2.69. The Balaban J connectivity index is 2.09. The molecule has 2 aliphatic rings. The van der Waals surface area contributed by atoms with E-state index in [2.05, 4.69) is 5.32 Å². The molecular weight excluding hydrogens is 236 g/mol. The Morgan fingerprint density at radius 3 is 2.44 bits per heavy atom. The average Bonchev–Trinajstić information content (AvgIpc) is 2.73.